The van der Waals surface area contributed by atoms with Gasteiger partial charge in [-0.2, -0.15) is 9.88 Å². The fourth-order valence-corrected chi connectivity index (χ4v) is 4.39. The summed E-state index contributed by atoms with van der Waals surface area (Å²) in [6.07, 6.45) is 1.67. The lowest BCUT2D eigenvalue weighted by Gasteiger charge is -2.28. The van der Waals surface area contributed by atoms with Crippen LogP contribution in [0.5, 0.6) is 5.88 Å². The third kappa shape index (κ3) is 10.4. The average Bonchev–Trinajstić information content (AvgIpc) is 3.39. The lowest BCUT2D eigenvalue weighted by Crippen LogP contribution is -2.44. The Labute approximate surface area is 253 Å². The lowest BCUT2D eigenvalue weighted by molar-refractivity contribution is -0.383. The minimum atomic E-state index is -1.16. The normalized spacial score (nSPS) is 13.8. The van der Waals surface area contributed by atoms with Gasteiger partial charge in [0.05, 0.1) is 11.5 Å². The monoisotopic (exact) mass is 599 g/mol. The van der Waals surface area contributed by atoms with E-state index in [4.69, 9.17) is 14.2 Å². The zero-order valence-electron chi connectivity index (χ0n) is 26.4. The van der Waals surface area contributed by atoms with Crippen molar-refractivity contribution in [2.24, 2.45) is 0 Å². The van der Waals surface area contributed by atoms with Crippen molar-refractivity contribution in [2.45, 2.75) is 98.4 Å². The van der Waals surface area contributed by atoms with E-state index in [1.807, 2.05) is 31.2 Å². The van der Waals surface area contributed by atoms with Gasteiger partial charge >= 0.3 is 17.9 Å². The molecule has 1 aliphatic rings. The summed E-state index contributed by atoms with van der Waals surface area (Å²) in [6.45, 7) is 15.3. The van der Waals surface area contributed by atoms with Crippen LogP contribution in [0.2, 0.25) is 0 Å². The first kappa shape index (κ1) is 33.6. The molecule has 0 radical (unpaired) electrons. The molecule has 1 fully saturated rings. The second-order valence-corrected chi connectivity index (χ2v) is 12.6. The van der Waals surface area contributed by atoms with Gasteiger partial charge in [-0.25, -0.2) is 9.59 Å². The number of carbonyl (C=O) groups is 2. The van der Waals surface area contributed by atoms with Crippen molar-refractivity contribution in [3.63, 3.8) is 0 Å². The maximum atomic E-state index is 13.4. The van der Waals surface area contributed by atoms with Crippen LogP contribution in [-0.4, -0.2) is 57.9 Å². The molecule has 43 heavy (non-hydrogen) atoms. The van der Waals surface area contributed by atoms with E-state index < -0.39 is 39.8 Å². The van der Waals surface area contributed by atoms with Crippen LogP contribution in [0.4, 0.5) is 26.8 Å². The topological polar surface area (TPSA) is 136 Å². The van der Waals surface area contributed by atoms with E-state index in [0.717, 1.165) is 31.6 Å². The molecule has 1 aromatic heterocycles. The van der Waals surface area contributed by atoms with E-state index in [2.05, 4.69) is 15.2 Å². The van der Waals surface area contributed by atoms with E-state index in [-0.39, 0.29) is 24.7 Å². The fourth-order valence-electron chi connectivity index (χ4n) is 4.39. The molecular formula is C31H45N5O7. The van der Waals surface area contributed by atoms with Crippen LogP contribution < -0.4 is 15.0 Å². The summed E-state index contributed by atoms with van der Waals surface area (Å²) in [5, 5.41) is 15.6. The molecule has 0 atom stereocenters. The number of anilines is 2. The average molecular weight is 600 g/mol. The fraction of sp³-hybridized carbons (Fsp3) is 0.581. The highest BCUT2D eigenvalue weighted by molar-refractivity contribution is 6.11. The van der Waals surface area contributed by atoms with Gasteiger partial charge in [0.1, 0.15) is 16.9 Å². The summed E-state index contributed by atoms with van der Waals surface area (Å²) in [7, 11) is 0. The number of unbranched alkanes of at least 4 members (excludes halogenated alkanes) is 1. The maximum absolute atomic E-state index is 13.4. The Morgan fingerprint density at radius 1 is 1.00 bits per heavy atom. The summed E-state index contributed by atoms with van der Waals surface area (Å²) in [6, 6.07) is 9.44. The number of nitrogens with one attached hydrogen (secondary N) is 1. The quantitative estimate of drug-likeness (QED) is 0.162. The van der Waals surface area contributed by atoms with Crippen LogP contribution in [0.3, 0.4) is 0 Å². The second-order valence-electron chi connectivity index (χ2n) is 12.6. The van der Waals surface area contributed by atoms with Crippen LogP contribution in [0.1, 0.15) is 85.3 Å². The summed E-state index contributed by atoms with van der Waals surface area (Å²) in [5.74, 6) is -0.555. The smallest absolute Gasteiger partial charge is 0.426 e. The highest BCUT2D eigenvalue weighted by Crippen LogP contribution is 2.38. The zero-order chi connectivity index (χ0) is 31.8. The Morgan fingerprint density at radius 3 is 2.07 bits per heavy atom. The number of pyridine rings is 1. The highest BCUT2D eigenvalue weighted by atomic mass is 16.6. The summed E-state index contributed by atoms with van der Waals surface area (Å²) in [5.41, 5.74) is -0.501. The number of nitrogens with zero attached hydrogens (tertiary/aromatic N) is 4. The molecule has 1 aliphatic heterocycles. The first-order valence-electron chi connectivity index (χ1n) is 14.8. The number of benzene rings is 1. The van der Waals surface area contributed by atoms with Crippen molar-refractivity contribution in [3.8, 4) is 5.88 Å². The van der Waals surface area contributed by atoms with Gasteiger partial charge in [0.15, 0.2) is 0 Å². The first-order valence-corrected chi connectivity index (χ1v) is 14.8. The lowest BCUT2D eigenvalue weighted by atomic mass is 10.1. The van der Waals surface area contributed by atoms with Crippen molar-refractivity contribution in [1.29, 1.82) is 0 Å². The third-order valence-corrected chi connectivity index (χ3v) is 6.36. The summed E-state index contributed by atoms with van der Waals surface area (Å²) >= 11 is 0. The molecule has 1 N–H and O–H groups in total. The van der Waals surface area contributed by atoms with Crippen molar-refractivity contribution >= 4 is 29.4 Å². The molecule has 0 spiro atoms. The number of aromatic nitrogens is 1. The van der Waals surface area contributed by atoms with E-state index in [1.54, 1.807) is 41.5 Å². The predicted molar refractivity (Wildman–Crippen MR) is 165 cm³/mol. The van der Waals surface area contributed by atoms with E-state index in [9.17, 15) is 19.7 Å². The Morgan fingerprint density at radius 2 is 1.56 bits per heavy atom. The molecule has 2 aromatic rings. The zero-order valence-corrected chi connectivity index (χ0v) is 26.4. The largest absolute Gasteiger partial charge is 0.478 e. The molecule has 0 aliphatic carbocycles. The van der Waals surface area contributed by atoms with Crippen molar-refractivity contribution in [3.05, 3.63) is 51.6 Å². The SMILES string of the molecule is CCCCOc1cc(NCc2ccc(CN3CCCC3)cc2)c([N+](=O)[O-])c(N(C(=O)OC(C)(C)C)C(=O)OC(C)(C)C)n1. The first-order chi connectivity index (χ1) is 20.2. The van der Waals surface area contributed by atoms with Gasteiger partial charge in [0.2, 0.25) is 11.7 Å². The summed E-state index contributed by atoms with van der Waals surface area (Å²) in [4.78, 5) is 45.7. The highest BCUT2D eigenvalue weighted by Gasteiger charge is 2.40. The minimum Gasteiger partial charge on any atom is -0.478 e. The van der Waals surface area contributed by atoms with Gasteiger partial charge in [0.25, 0.3) is 0 Å². The number of imide groups is 1. The molecule has 12 heteroatoms. The maximum Gasteiger partial charge on any atom is 0.426 e. The molecule has 2 amide bonds. The Balaban J connectivity index is 2.01. The number of hydrogen-bond donors (Lipinski definition) is 1. The van der Waals surface area contributed by atoms with Crippen LogP contribution in [0, 0.1) is 10.1 Å². The second kappa shape index (κ2) is 14.5. The minimum absolute atomic E-state index is 0.00892. The molecule has 2 heterocycles. The molecule has 12 nitrogen and oxygen atoms in total. The number of carbonyl (C=O) groups excluding carboxylic acids is 2. The molecule has 1 aromatic carbocycles. The van der Waals surface area contributed by atoms with E-state index >= 15 is 0 Å². The standard InChI is InChI=1S/C31H45N5O7/c1-8-9-18-41-25-19-24(32-20-22-12-14-23(15-13-22)21-34-16-10-11-17-34)26(36(39)40)27(33-25)35(28(37)42-30(2,3)4)29(38)43-31(5,6)7/h12-15,19H,8-11,16-18,20-21H2,1-7H3,(H,32,33). The van der Waals surface area contributed by atoms with Crippen LogP contribution in [0.25, 0.3) is 0 Å². The molecule has 1 saturated heterocycles. The molecule has 0 saturated carbocycles. The predicted octanol–water partition coefficient (Wildman–Crippen LogP) is 7.05. The van der Waals surface area contributed by atoms with Gasteiger partial charge < -0.3 is 19.5 Å². The van der Waals surface area contributed by atoms with Gasteiger partial charge in [0, 0.05) is 19.2 Å². The Kier molecular flexibility index (Phi) is 11.3. The number of ether oxygens (including phenoxy) is 3. The number of rotatable bonds is 11. The molecule has 0 bridgehead atoms. The number of nitro groups is 1. The number of amides is 2. The van der Waals surface area contributed by atoms with Crippen LogP contribution in [-0.2, 0) is 22.6 Å². The third-order valence-electron chi connectivity index (χ3n) is 6.36. The van der Waals surface area contributed by atoms with E-state index in [1.165, 1.54) is 24.5 Å². The number of hydrogen-bond acceptors (Lipinski definition) is 10. The Bertz CT molecular complexity index is 1240. The van der Waals surface area contributed by atoms with Crippen LogP contribution in [0.15, 0.2) is 30.3 Å². The molecule has 3 rings (SSSR count). The summed E-state index contributed by atoms with van der Waals surface area (Å²) < 4.78 is 16.7. The van der Waals surface area contributed by atoms with Crippen molar-refractivity contribution in [1.82, 2.24) is 9.88 Å². The van der Waals surface area contributed by atoms with Crippen molar-refractivity contribution in [2.75, 3.05) is 29.9 Å². The Hall–Kier alpha value is -3.93. The molecule has 236 valence electrons. The van der Waals surface area contributed by atoms with Gasteiger partial charge in [-0.1, -0.05) is 37.6 Å². The van der Waals surface area contributed by atoms with Crippen molar-refractivity contribution < 1.29 is 28.7 Å². The molecular weight excluding hydrogens is 554 g/mol. The number of likely N-dealkylation sites (tertiary alicyclic amines) is 1. The van der Waals surface area contributed by atoms with Gasteiger partial charge in [-0.05, 0) is 85.0 Å². The molecule has 0 unspecified atom stereocenters. The van der Waals surface area contributed by atoms with Crippen LogP contribution >= 0.6 is 0 Å². The van der Waals surface area contributed by atoms with E-state index in [0.29, 0.717) is 11.3 Å². The van der Waals surface area contributed by atoms with Gasteiger partial charge in [-0.15, -0.1) is 0 Å². The van der Waals surface area contributed by atoms with Gasteiger partial charge in [-0.3, -0.25) is 15.0 Å².